The first kappa shape index (κ1) is 14.1. The molecule has 7 heteroatoms. The van der Waals surface area contributed by atoms with Gasteiger partial charge in [-0.25, -0.2) is 4.79 Å². The van der Waals surface area contributed by atoms with Crippen molar-refractivity contribution in [3.8, 4) is 0 Å². The second kappa shape index (κ2) is 5.77. The second-order valence-corrected chi connectivity index (χ2v) is 5.11. The van der Waals surface area contributed by atoms with Crippen LogP contribution >= 0.6 is 23.2 Å². The third-order valence-electron chi connectivity index (χ3n) is 2.97. The van der Waals surface area contributed by atoms with E-state index in [0.717, 1.165) is 13.0 Å². The highest BCUT2D eigenvalue weighted by Crippen LogP contribution is 2.32. The molecule has 1 fully saturated rings. The lowest BCUT2D eigenvalue weighted by Gasteiger charge is -2.13. The number of carbonyl (C=O) groups is 2. The van der Waals surface area contributed by atoms with Gasteiger partial charge in [0.1, 0.15) is 0 Å². The number of carboxylic acid groups (broad SMARTS) is 1. The fourth-order valence-electron chi connectivity index (χ4n) is 1.92. The standard InChI is InChI=1S/C12H12Cl2N2O3/c13-8-3-7(12(18)19)4-9(14)10(8)16-11(17)6-1-2-15-5-6/h3-4,6,15H,1-2,5H2,(H,16,17)(H,18,19). The zero-order chi connectivity index (χ0) is 14.0. The normalized spacial score (nSPS) is 18.3. The van der Waals surface area contributed by atoms with Crippen molar-refractivity contribution in [3.63, 3.8) is 0 Å². The summed E-state index contributed by atoms with van der Waals surface area (Å²) < 4.78 is 0. The second-order valence-electron chi connectivity index (χ2n) is 4.30. The van der Waals surface area contributed by atoms with Gasteiger partial charge < -0.3 is 15.7 Å². The lowest BCUT2D eigenvalue weighted by atomic mass is 10.1. The Hall–Kier alpha value is -1.30. The Morgan fingerprint density at radius 3 is 2.42 bits per heavy atom. The number of benzene rings is 1. The van der Waals surface area contributed by atoms with Gasteiger partial charge in [-0.1, -0.05) is 23.2 Å². The van der Waals surface area contributed by atoms with E-state index in [1.54, 1.807) is 0 Å². The molecule has 1 aromatic carbocycles. The van der Waals surface area contributed by atoms with Crippen LogP contribution < -0.4 is 10.6 Å². The van der Waals surface area contributed by atoms with Gasteiger partial charge in [0, 0.05) is 6.54 Å². The Labute approximate surface area is 119 Å². The van der Waals surface area contributed by atoms with Crippen LogP contribution in [0.2, 0.25) is 10.0 Å². The molecule has 1 aliphatic rings. The first-order chi connectivity index (χ1) is 8.99. The molecule has 1 amide bonds. The molecule has 1 aliphatic heterocycles. The van der Waals surface area contributed by atoms with Crippen molar-refractivity contribution in [2.24, 2.45) is 5.92 Å². The Bertz CT molecular complexity index is 505. The van der Waals surface area contributed by atoms with E-state index in [2.05, 4.69) is 10.6 Å². The van der Waals surface area contributed by atoms with Crippen LogP contribution in [0.5, 0.6) is 0 Å². The third-order valence-corrected chi connectivity index (χ3v) is 3.56. The predicted octanol–water partition coefficient (Wildman–Crippen LogP) is 2.24. The van der Waals surface area contributed by atoms with Crippen molar-refractivity contribution < 1.29 is 14.7 Å². The number of aromatic carboxylic acids is 1. The van der Waals surface area contributed by atoms with Gasteiger partial charge in [0.25, 0.3) is 0 Å². The maximum Gasteiger partial charge on any atom is 0.335 e. The minimum absolute atomic E-state index is 0.0180. The minimum Gasteiger partial charge on any atom is -0.478 e. The molecule has 0 aromatic heterocycles. The van der Waals surface area contributed by atoms with E-state index in [1.165, 1.54) is 12.1 Å². The van der Waals surface area contributed by atoms with E-state index in [0.29, 0.717) is 6.54 Å². The van der Waals surface area contributed by atoms with Gasteiger partial charge >= 0.3 is 5.97 Å². The van der Waals surface area contributed by atoms with E-state index in [9.17, 15) is 9.59 Å². The van der Waals surface area contributed by atoms with Crippen LogP contribution in [-0.2, 0) is 4.79 Å². The number of amides is 1. The van der Waals surface area contributed by atoms with E-state index in [4.69, 9.17) is 28.3 Å². The zero-order valence-electron chi connectivity index (χ0n) is 9.87. The molecule has 5 nitrogen and oxygen atoms in total. The number of nitrogens with one attached hydrogen (secondary N) is 2. The highest BCUT2D eigenvalue weighted by atomic mass is 35.5. The first-order valence-electron chi connectivity index (χ1n) is 5.73. The maximum atomic E-state index is 12.0. The highest BCUT2D eigenvalue weighted by Gasteiger charge is 2.24. The topological polar surface area (TPSA) is 78.4 Å². The Morgan fingerprint density at radius 1 is 1.32 bits per heavy atom. The first-order valence-corrected chi connectivity index (χ1v) is 6.48. The number of hydrogen-bond acceptors (Lipinski definition) is 3. The molecule has 19 heavy (non-hydrogen) atoms. The number of halogens is 2. The summed E-state index contributed by atoms with van der Waals surface area (Å²) in [5, 5.41) is 14.8. The van der Waals surface area contributed by atoms with Gasteiger partial charge in [0.05, 0.1) is 27.2 Å². The van der Waals surface area contributed by atoms with Crippen LogP contribution in [0.25, 0.3) is 0 Å². The number of hydrogen-bond donors (Lipinski definition) is 3. The maximum absolute atomic E-state index is 12.0. The van der Waals surface area contributed by atoms with Crippen molar-refractivity contribution in [2.75, 3.05) is 18.4 Å². The molecule has 0 saturated carbocycles. The predicted molar refractivity (Wildman–Crippen MR) is 73.0 cm³/mol. The molecule has 1 atom stereocenters. The number of carbonyl (C=O) groups excluding carboxylic acids is 1. The third kappa shape index (κ3) is 3.18. The van der Waals surface area contributed by atoms with Crippen LogP contribution in [0.1, 0.15) is 16.8 Å². The molecule has 1 unspecified atom stereocenters. The van der Waals surface area contributed by atoms with Crippen molar-refractivity contribution in [1.82, 2.24) is 5.32 Å². The lowest BCUT2D eigenvalue weighted by Crippen LogP contribution is -2.25. The summed E-state index contributed by atoms with van der Waals surface area (Å²) in [6.45, 7) is 1.42. The van der Waals surface area contributed by atoms with Gasteiger partial charge in [-0.05, 0) is 25.1 Å². The average molecular weight is 303 g/mol. The van der Waals surface area contributed by atoms with E-state index < -0.39 is 5.97 Å². The van der Waals surface area contributed by atoms with Crippen LogP contribution in [0.3, 0.4) is 0 Å². The monoisotopic (exact) mass is 302 g/mol. The van der Waals surface area contributed by atoms with Crippen LogP contribution in [0.4, 0.5) is 5.69 Å². The summed E-state index contributed by atoms with van der Waals surface area (Å²) in [5.74, 6) is -1.41. The molecule has 1 heterocycles. The van der Waals surface area contributed by atoms with Crippen LogP contribution in [0, 0.1) is 5.92 Å². The molecule has 0 radical (unpaired) electrons. The Morgan fingerprint density at radius 2 is 1.95 bits per heavy atom. The van der Waals surface area contributed by atoms with Gasteiger partial charge in [-0.15, -0.1) is 0 Å². The Balaban J connectivity index is 2.20. The highest BCUT2D eigenvalue weighted by molar-refractivity contribution is 6.40. The zero-order valence-corrected chi connectivity index (χ0v) is 11.4. The molecule has 0 spiro atoms. The van der Waals surface area contributed by atoms with Gasteiger partial charge in [0.2, 0.25) is 5.91 Å². The van der Waals surface area contributed by atoms with E-state index in [1.807, 2.05) is 0 Å². The number of carboxylic acids is 1. The molecular weight excluding hydrogens is 291 g/mol. The van der Waals surface area contributed by atoms with Crippen LogP contribution in [-0.4, -0.2) is 30.1 Å². The molecule has 1 aromatic rings. The molecule has 0 aliphatic carbocycles. The Kier molecular flexibility index (Phi) is 4.29. The summed E-state index contributed by atoms with van der Waals surface area (Å²) in [7, 11) is 0. The minimum atomic E-state index is -1.12. The smallest absolute Gasteiger partial charge is 0.335 e. The average Bonchev–Trinajstić information content (AvgIpc) is 2.86. The fourth-order valence-corrected chi connectivity index (χ4v) is 2.50. The molecule has 3 N–H and O–H groups in total. The molecule has 2 rings (SSSR count). The molecule has 0 bridgehead atoms. The van der Waals surface area contributed by atoms with E-state index in [-0.39, 0.29) is 33.1 Å². The lowest BCUT2D eigenvalue weighted by molar-refractivity contribution is -0.119. The van der Waals surface area contributed by atoms with Crippen molar-refractivity contribution in [1.29, 1.82) is 0 Å². The van der Waals surface area contributed by atoms with Crippen molar-refractivity contribution >= 4 is 40.8 Å². The number of rotatable bonds is 3. The fraction of sp³-hybridized carbons (Fsp3) is 0.333. The van der Waals surface area contributed by atoms with Crippen molar-refractivity contribution in [2.45, 2.75) is 6.42 Å². The summed E-state index contributed by atoms with van der Waals surface area (Å²) in [6, 6.07) is 2.52. The van der Waals surface area contributed by atoms with Crippen molar-refractivity contribution in [3.05, 3.63) is 27.7 Å². The molecular formula is C12H12Cl2N2O3. The summed E-state index contributed by atoms with van der Waals surface area (Å²) in [6.07, 6.45) is 0.758. The SMILES string of the molecule is O=C(O)c1cc(Cl)c(NC(=O)C2CCNC2)c(Cl)c1. The summed E-state index contributed by atoms with van der Waals surface area (Å²) >= 11 is 11.9. The largest absolute Gasteiger partial charge is 0.478 e. The van der Waals surface area contributed by atoms with Crippen LogP contribution in [0.15, 0.2) is 12.1 Å². The van der Waals surface area contributed by atoms with E-state index >= 15 is 0 Å². The van der Waals surface area contributed by atoms with Gasteiger partial charge in [-0.2, -0.15) is 0 Å². The summed E-state index contributed by atoms with van der Waals surface area (Å²) in [5.41, 5.74) is 0.237. The molecule has 1 saturated heterocycles. The van der Waals surface area contributed by atoms with Gasteiger partial charge in [0.15, 0.2) is 0 Å². The quantitative estimate of drug-likeness (QED) is 0.800. The number of anilines is 1. The summed E-state index contributed by atoms with van der Waals surface area (Å²) in [4.78, 5) is 22.8. The molecule has 102 valence electrons. The van der Waals surface area contributed by atoms with Gasteiger partial charge in [-0.3, -0.25) is 4.79 Å².